The lowest BCUT2D eigenvalue weighted by molar-refractivity contribution is 0.107. The van der Waals surface area contributed by atoms with E-state index < -0.39 is 0 Å². The van der Waals surface area contributed by atoms with E-state index in [1.165, 1.54) is 0 Å². The Kier molecular flexibility index (Phi) is 6.89. The highest BCUT2D eigenvalue weighted by Crippen LogP contribution is 2.30. The Morgan fingerprint density at radius 2 is 0.949 bits per heavy atom. The van der Waals surface area contributed by atoms with Crippen molar-refractivity contribution in [3.8, 4) is 0 Å². The molecule has 200 valence electrons. The third-order valence-electron chi connectivity index (χ3n) is 8.00. The third kappa shape index (κ3) is 4.93. The van der Waals surface area contributed by atoms with E-state index in [1.807, 2.05) is 36.4 Å². The average Bonchev–Trinajstić information content (AvgIpc) is 3.70. The number of rotatable bonds is 10. The molecule has 3 heterocycles. The molecule has 3 N–H and O–H groups in total. The largest absolute Gasteiger partial charge is 0.341 e. The van der Waals surface area contributed by atoms with E-state index in [9.17, 15) is 0 Å². The van der Waals surface area contributed by atoms with Crippen molar-refractivity contribution in [3.05, 3.63) is 90.3 Å². The van der Waals surface area contributed by atoms with Crippen molar-refractivity contribution in [2.75, 3.05) is 19.6 Å². The molecule has 3 atom stereocenters. The number of nitrogens with one attached hydrogen (secondary N) is 3. The maximum absolute atomic E-state index is 4.95. The maximum atomic E-state index is 4.95. The molecule has 3 aromatic carbocycles. The van der Waals surface area contributed by atoms with E-state index in [4.69, 9.17) is 15.0 Å². The second kappa shape index (κ2) is 10.6. The minimum absolute atomic E-state index is 0.0563. The summed E-state index contributed by atoms with van der Waals surface area (Å²) in [5, 5.41) is 0. The number of H-pyrrole nitrogens is 3. The van der Waals surface area contributed by atoms with E-state index in [0.717, 1.165) is 70.2 Å². The number of aromatic nitrogens is 6. The predicted octanol–water partition coefficient (Wildman–Crippen LogP) is 6.52. The van der Waals surface area contributed by atoms with Gasteiger partial charge in [-0.15, -0.1) is 0 Å². The first-order chi connectivity index (χ1) is 19.0. The van der Waals surface area contributed by atoms with E-state index in [2.05, 4.69) is 88.8 Å². The van der Waals surface area contributed by atoms with Crippen LogP contribution in [0.25, 0.3) is 33.1 Å². The Labute approximate surface area is 228 Å². The molecule has 0 amide bonds. The lowest BCUT2D eigenvalue weighted by Gasteiger charge is -2.35. The Balaban J connectivity index is 1.28. The normalized spacial score (nSPS) is 14.6. The van der Waals surface area contributed by atoms with E-state index in [0.29, 0.717) is 0 Å². The fourth-order valence-corrected chi connectivity index (χ4v) is 5.59. The van der Waals surface area contributed by atoms with Gasteiger partial charge in [0.15, 0.2) is 0 Å². The van der Waals surface area contributed by atoms with E-state index in [-0.39, 0.29) is 18.1 Å². The summed E-state index contributed by atoms with van der Waals surface area (Å²) < 4.78 is 0. The molecule has 39 heavy (non-hydrogen) atoms. The van der Waals surface area contributed by atoms with Crippen LogP contribution in [0.4, 0.5) is 0 Å². The van der Waals surface area contributed by atoms with Gasteiger partial charge in [-0.1, -0.05) is 43.3 Å². The maximum Gasteiger partial charge on any atom is 0.124 e. The minimum atomic E-state index is 0.0563. The smallest absolute Gasteiger partial charge is 0.124 e. The zero-order chi connectivity index (χ0) is 26.9. The highest BCUT2D eigenvalue weighted by Gasteiger charge is 2.28. The molecule has 0 bridgehead atoms. The van der Waals surface area contributed by atoms with Crippen molar-refractivity contribution in [3.63, 3.8) is 0 Å². The first-order valence-corrected chi connectivity index (χ1v) is 13.9. The summed E-state index contributed by atoms with van der Waals surface area (Å²) in [5.41, 5.74) is 6.19. The molecule has 8 heteroatoms. The van der Waals surface area contributed by atoms with Gasteiger partial charge in [-0.3, -0.25) is 9.80 Å². The Morgan fingerprint density at radius 1 is 0.564 bits per heavy atom. The molecule has 6 rings (SSSR count). The number of imidazole rings is 3. The van der Waals surface area contributed by atoms with Crippen LogP contribution in [0.1, 0.15) is 63.3 Å². The van der Waals surface area contributed by atoms with Gasteiger partial charge < -0.3 is 15.0 Å². The number of likely N-dealkylation sites (N-methyl/N-ethyl adjacent to an activating group) is 1. The number of fused-ring (bicyclic) bond motifs is 3. The molecule has 0 fully saturated rings. The molecule has 3 unspecified atom stereocenters. The van der Waals surface area contributed by atoms with Gasteiger partial charge in [0.2, 0.25) is 0 Å². The van der Waals surface area contributed by atoms with Crippen LogP contribution in [0.5, 0.6) is 0 Å². The van der Waals surface area contributed by atoms with Crippen LogP contribution in [-0.2, 0) is 0 Å². The first-order valence-electron chi connectivity index (χ1n) is 13.9. The van der Waals surface area contributed by atoms with Crippen LogP contribution in [0, 0.1) is 0 Å². The number of para-hydroxylation sites is 6. The van der Waals surface area contributed by atoms with Gasteiger partial charge >= 0.3 is 0 Å². The molecule has 0 saturated carbocycles. The molecule has 3 aromatic heterocycles. The molecule has 0 spiro atoms. The van der Waals surface area contributed by atoms with Crippen molar-refractivity contribution in [1.29, 1.82) is 0 Å². The van der Waals surface area contributed by atoms with Crippen molar-refractivity contribution < 1.29 is 0 Å². The van der Waals surface area contributed by atoms with Gasteiger partial charge in [0.05, 0.1) is 51.2 Å². The Hall–Kier alpha value is -4.01. The molecule has 6 aromatic rings. The molecule has 8 nitrogen and oxygen atoms in total. The van der Waals surface area contributed by atoms with Gasteiger partial charge in [0, 0.05) is 13.1 Å². The molecule has 0 radical (unpaired) electrons. The van der Waals surface area contributed by atoms with E-state index in [1.54, 1.807) is 0 Å². The van der Waals surface area contributed by atoms with Crippen molar-refractivity contribution in [1.82, 2.24) is 39.7 Å². The van der Waals surface area contributed by atoms with Crippen LogP contribution < -0.4 is 0 Å². The third-order valence-corrected chi connectivity index (χ3v) is 8.00. The van der Waals surface area contributed by atoms with Gasteiger partial charge in [0.1, 0.15) is 17.5 Å². The number of hydrogen-bond donors (Lipinski definition) is 3. The minimum Gasteiger partial charge on any atom is -0.341 e. The zero-order valence-corrected chi connectivity index (χ0v) is 23.0. The second-order valence-electron chi connectivity index (χ2n) is 10.3. The fourth-order valence-electron chi connectivity index (χ4n) is 5.59. The van der Waals surface area contributed by atoms with Crippen molar-refractivity contribution in [2.45, 2.75) is 45.8 Å². The molecule has 0 saturated heterocycles. The lowest BCUT2D eigenvalue weighted by Crippen LogP contribution is -2.39. The number of hydrogen-bond acceptors (Lipinski definition) is 5. The average molecular weight is 521 g/mol. The topological polar surface area (TPSA) is 92.5 Å². The van der Waals surface area contributed by atoms with Crippen LogP contribution in [0.3, 0.4) is 0 Å². The lowest BCUT2D eigenvalue weighted by atomic mass is 10.1. The number of aromatic amines is 3. The van der Waals surface area contributed by atoms with Crippen LogP contribution in [0.15, 0.2) is 72.8 Å². The fraction of sp³-hybridized carbons (Fsp3) is 0.323. The molecular formula is C31H36N8. The summed E-state index contributed by atoms with van der Waals surface area (Å²) in [6.45, 7) is 11.6. The summed E-state index contributed by atoms with van der Waals surface area (Å²) >= 11 is 0. The van der Waals surface area contributed by atoms with Gasteiger partial charge in [0.25, 0.3) is 0 Å². The predicted molar refractivity (Wildman–Crippen MR) is 157 cm³/mol. The zero-order valence-electron chi connectivity index (χ0n) is 23.0. The number of nitrogens with zero attached hydrogens (tertiary/aromatic N) is 5. The monoisotopic (exact) mass is 520 g/mol. The summed E-state index contributed by atoms with van der Waals surface area (Å²) in [5.74, 6) is 2.93. The van der Waals surface area contributed by atoms with Crippen molar-refractivity contribution in [2.24, 2.45) is 0 Å². The highest BCUT2D eigenvalue weighted by molar-refractivity contribution is 5.76. The highest BCUT2D eigenvalue weighted by atomic mass is 15.3. The van der Waals surface area contributed by atoms with Crippen LogP contribution >= 0.6 is 0 Å². The van der Waals surface area contributed by atoms with E-state index >= 15 is 0 Å². The van der Waals surface area contributed by atoms with Gasteiger partial charge in [-0.2, -0.15) is 0 Å². The molecule has 0 aliphatic rings. The second-order valence-corrected chi connectivity index (χ2v) is 10.3. The standard InChI is InChI=1S/C31H36N8/c1-5-38(20(2)29-32-23-12-6-7-13-24(23)33-29)18-19-39(21(3)30-34-25-14-8-9-15-26(25)35-30)22(4)31-36-27-16-10-11-17-28(27)37-31/h6-17,20-22H,5,18-19H2,1-4H3,(H,32,33)(H,34,35)(H,36,37). The first kappa shape index (κ1) is 25.3. The van der Waals surface area contributed by atoms with Crippen molar-refractivity contribution >= 4 is 33.1 Å². The quantitative estimate of drug-likeness (QED) is 0.191. The summed E-state index contributed by atoms with van der Waals surface area (Å²) in [4.78, 5) is 30.4. The Morgan fingerprint density at radius 3 is 1.33 bits per heavy atom. The van der Waals surface area contributed by atoms with Gasteiger partial charge in [-0.05, 0) is 63.7 Å². The van der Waals surface area contributed by atoms with Crippen LogP contribution in [-0.4, -0.2) is 59.3 Å². The summed E-state index contributed by atoms with van der Waals surface area (Å²) in [6.07, 6.45) is 0. The molecule has 0 aliphatic carbocycles. The molecule has 0 aliphatic heterocycles. The SMILES string of the molecule is CCN(CCN(C(C)c1nc2ccccc2[nH]1)C(C)c1nc2ccccc2[nH]1)C(C)c1nc2ccccc2[nH]1. The number of benzene rings is 3. The molecular weight excluding hydrogens is 484 g/mol. The summed E-state index contributed by atoms with van der Waals surface area (Å²) in [6, 6.07) is 24.9. The summed E-state index contributed by atoms with van der Waals surface area (Å²) in [7, 11) is 0. The Bertz CT molecular complexity index is 1520. The van der Waals surface area contributed by atoms with Crippen LogP contribution in [0.2, 0.25) is 0 Å². The van der Waals surface area contributed by atoms with Gasteiger partial charge in [-0.25, -0.2) is 15.0 Å².